The number of rotatable bonds is 5. The number of thiazole rings is 1. The Kier molecular flexibility index (Phi) is 5.33. The van der Waals surface area contributed by atoms with Crippen LogP contribution in [0.5, 0.6) is 0 Å². The Balaban J connectivity index is 1.48. The second kappa shape index (κ2) is 8.41. The van der Waals surface area contributed by atoms with Crippen LogP contribution < -0.4 is 0 Å². The van der Waals surface area contributed by atoms with E-state index in [1.165, 1.54) is 12.1 Å². The minimum Gasteiger partial charge on any atom is -0.296 e. The lowest BCUT2D eigenvalue weighted by Crippen LogP contribution is -2.34. The van der Waals surface area contributed by atoms with Crippen LogP contribution in [0.15, 0.2) is 60.4 Å². The molecule has 6 nitrogen and oxygen atoms in total. The maximum absolute atomic E-state index is 13.4. The second-order valence-corrected chi connectivity index (χ2v) is 8.40. The van der Waals surface area contributed by atoms with Crippen LogP contribution in [0.4, 0.5) is 4.39 Å². The van der Waals surface area contributed by atoms with E-state index in [2.05, 4.69) is 25.9 Å². The van der Waals surface area contributed by atoms with Gasteiger partial charge >= 0.3 is 0 Å². The Morgan fingerprint density at radius 3 is 2.67 bits per heavy atom. The molecular weight excluding hydrogens is 399 g/mol. The van der Waals surface area contributed by atoms with Gasteiger partial charge in [-0.3, -0.25) is 4.90 Å². The predicted octanol–water partition coefficient (Wildman–Crippen LogP) is 4.30. The zero-order chi connectivity index (χ0) is 20.3. The minimum atomic E-state index is -0.255. The number of hydrogen-bond donors (Lipinski definition) is 0. The van der Waals surface area contributed by atoms with E-state index < -0.39 is 0 Å². The van der Waals surface area contributed by atoms with E-state index in [0.717, 1.165) is 54.4 Å². The molecule has 1 fully saturated rings. The van der Waals surface area contributed by atoms with Gasteiger partial charge in [-0.25, -0.2) is 24.0 Å². The lowest BCUT2D eigenvalue weighted by molar-refractivity contribution is 0.197. The molecule has 0 spiro atoms. The first kappa shape index (κ1) is 19.0. The summed E-state index contributed by atoms with van der Waals surface area (Å²) in [6, 6.07) is 10.3. The zero-order valence-corrected chi connectivity index (χ0v) is 17.2. The molecule has 4 heterocycles. The van der Waals surface area contributed by atoms with E-state index in [9.17, 15) is 4.39 Å². The smallest absolute Gasteiger partial charge is 0.250 e. The fourth-order valence-electron chi connectivity index (χ4n) is 3.97. The van der Waals surface area contributed by atoms with Crippen molar-refractivity contribution in [3.05, 3.63) is 76.9 Å². The van der Waals surface area contributed by atoms with E-state index in [1.54, 1.807) is 41.9 Å². The highest BCUT2D eigenvalue weighted by Gasteiger charge is 2.27. The summed E-state index contributed by atoms with van der Waals surface area (Å²) < 4.78 is 15.2. The molecule has 4 aromatic rings. The van der Waals surface area contributed by atoms with Crippen molar-refractivity contribution in [3.63, 3.8) is 0 Å². The standard InChI is InChI=1S/C22H21FN6S/c23-18-6-4-16(5-7-18)19-13-20(29(27-19)22-25-8-2-9-26-22)17-3-1-11-28(14-17)15-21-24-10-12-30-21/h2,4-10,12-13,17H,1,3,11,14-15H2. The van der Waals surface area contributed by atoms with E-state index in [0.29, 0.717) is 11.9 Å². The molecular formula is C22H21FN6S. The van der Waals surface area contributed by atoms with E-state index in [1.807, 2.05) is 16.3 Å². The molecule has 5 rings (SSSR count). The van der Waals surface area contributed by atoms with Crippen molar-refractivity contribution in [2.45, 2.75) is 25.3 Å². The number of nitrogens with zero attached hydrogens (tertiary/aromatic N) is 6. The monoisotopic (exact) mass is 420 g/mol. The van der Waals surface area contributed by atoms with E-state index in [-0.39, 0.29) is 5.82 Å². The van der Waals surface area contributed by atoms with E-state index in [4.69, 9.17) is 5.10 Å². The fourth-order valence-corrected chi connectivity index (χ4v) is 4.63. The molecule has 8 heteroatoms. The highest BCUT2D eigenvalue weighted by atomic mass is 32.1. The van der Waals surface area contributed by atoms with Gasteiger partial charge in [0.1, 0.15) is 10.8 Å². The van der Waals surface area contributed by atoms with Crippen LogP contribution in [-0.2, 0) is 6.54 Å². The van der Waals surface area contributed by atoms with Gasteiger partial charge in [0.2, 0.25) is 0 Å². The van der Waals surface area contributed by atoms with Gasteiger partial charge < -0.3 is 0 Å². The maximum Gasteiger partial charge on any atom is 0.250 e. The Bertz CT molecular complexity index is 1090. The van der Waals surface area contributed by atoms with Gasteiger partial charge in [0, 0.05) is 42.0 Å². The van der Waals surface area contributed by atoms with Crippen molar-refractivity contribution in [1.82, 2.24) is 29.6 Å². The molecule has 0 bridgehead atoms. The third kappa shape index (κ3) is 4.01. The van der Waals surface area contributed by atoms with Crippen molar-refractivity contribution >= 4 is 11.3 Å². The first-order valence-electron chi connectivity index (χ1n) is 10.0. The summed E-state index contributed by atoms with van der Waals surface area (Å²) in [7, 11) is 0. The van der Waals surface area contributed by atoms with Crippen molar-refractivity contribution in [2.24, 2.45) is 0 Å². The number of hydrogen-bond acceptors (Lipinski definition) is 6. The van der Waals surface area contributed by atoms with Gasteiger partial charge in [0.25, 0.3) is 5.95 Å². The summed E-state index contributed by atoms with van der Waals surface area (Å²) in [6.45, 7) is 2.87. The number of halogens is 1. The largest absolute Gasteiger partial charge is 0.296 e. The number of likely N-dealkylation sites (tertiary alicyclic amines) is 1. The fraction of sp³-hybridized carbons (Fsp3) is 0.273. The molecule has 1 saturated heterocycles. The first-order chi connectivity index (χ1) is 14.8. The molecule has 0 saturated carbocycles. The normalized spacial score (nSPS) is 17.3. The third-order valence-electron chi connectivity index (χ3n) is 5.38. The molecule has 152 valence electrons. The molecule has 1 aromatic carbocycles. The summed E-state index contributed by atoms with van der Waals surface area (Å²) in [5.74, 6) is 0.608. The molecule has 1 unspecified atom stereocenters. The van der Waals surface area contributed by atoms with Crippen molar-refractivity contribution < 1.29 is 4.39 Å². The molecule has 3 aromatic heterocycles. The topological polar surface area (TPSA) is 59.7 Å². The molecule has 30 heavy (non-hydrogen) atoms. The van der Waals surface area contributed by atoms with Crippen LogP contribution in [0.25, 0.3) is 17.2 Å². The lowest BCUT2D eigenvalue weighted by atomic mass is 9.94. The summed E-state index contributed by atoms with van der Waals surface area (Å²) in [5, 5.41) is 7.96. The number of aromatic nitrogens is 5. The van der Waals surface area contributed by atoms with Crippen LogP contribution in [0.3, 0.4) is 0 Å². The quantitative estimate of drug-likeness (QED) is 0.482. The molecule has 1 aliphatic heterocycles. The van der Waals surface area contributed by atoms with Crippen LogP contribution in [-0.4, -0.2) is 42.7 Å². The number of piperidine rings is 1. The maximum atomic E-state index is 13.4. The summed E-state index contributed by atoms with van der Waals surface area (Å²) in [6.07, 6.45) is 7.50. The second-order valence-electron chi connectivity index (χ2n) is 7.42. The SMILES string of the molecule is Fc1ccc(-c2cc(C3CCCN(Cc4nccs4)C3)n(-c3ncccn3)n2)cc1. The Morgan fingerprint density at radius 2 is 1.90 bits per heavy atom. The Morgan fingerprint density at radius 1 is 1.07 bits per heavy atom. The average molecular weight is 421 g/mol. The molecule has 0 N–H and O–H groups in total. The molecule has 0 aliphatic carbocycles. The Labute approximate surface area is 178 Å². The van der Waals surface area contributed by atoms with Crippen LogP contribution >= 0.6 is 11.3 Å². The minimum absolute atomic E-state index is 0.255. The van der Waals surface area contributed by atoms with E-state index >= 15 is 0 Å². The van der Waals surface area contributed by atoms with Crippen molar-refractivity contribution in [1.29, 1.82) is 0 Å². The summed E-state index contributed by atoms with van der Waals surface area (Å²) in [4.78, 5) is 15.7. The van der Waals surface area contributed by atoms with Crippen LogP contribution in [0.2, 0.25) is 0 Å². The van der Waals surface area contributed by atoms with Gasteiger partial charge in [0.15, 0.2) is 0 Å². The highest BCUT2D eigenvalue weighted by Crippen LogP contribution is 2.32. The highest BCUT2D eigenvalue weighted by molar-refractivity contribution is 7.09. The summed E-state index contributed by atoms with van der Waals surface area (Å²) >= 11 is 1.70. The van der Waals surface area contributed by atoms with Crippen LogP contribution in [0.1, 0.15) is 29.5 Å². The molecule has 0 amide bonds. The Hall–Kier alpha value is -2.97. The van der Waals surface area contributed by atoms with Gasteiger partial charge in [-0.2, -0.15) is 5.10 Å². The molecule has 1 aliphatic rings. The van der Waals surface area contributed by atoms with Gasteiger partial charge in [0.05, 0.1) is 17.9 Å². The van der Waals surface area contributed by atoms with Gasteiger partial charge in [-0.15, -0.1) is 11.3 Å². The summed E-state index contributed by atoms with van der Waals surface area (Å²) in [5.41, 5.74) is 2.77. The number of benzene rings is 1. The first-order valence-corrected chi connectivity index (χ1v) is 10.9. The van der Waals surface area contributed by atoms with Gasteiger partial charge in [-0.05, 0) is 55.8 Å². The third-order valence-corrected chi connectivity index (χ3v) is 6.15. The van der Waals surface area contributed by atoms with Crippen molar-refractivity contribution in [2.75, 3.05) is 13.1 Å². The zero-order valence-electron chi connectivity index (χ0n) is 16.4. The molecule has 0 radical (unpaired) electrons. The van der Waals surface area contributed by atoms with Crippen LogP contribution in [0, 0.1) is 5.82 Å². The lowest BCUT2D eigenvalue weighted by Gasteiger charge is -2.32. The van der Waals surface area contributed by atoms with Crippen molar-refractivity contribution in [3.8, 4) is 17.2 Å². The average Bonchev–Trinajstić information content (AvgIpc) is 3.45. The van der Waals surface area contributed by atoms with Gasteiger partial charge in [-0.1, -0.05) is 0 Å². The predicted molar refractivity (Wildman–Crippen MR) is 114 cm³/mol. The molecule has 1 atom stereocenters.